The molecule has 0 aromatic rings. The van der Waals surface area contributed by atoms with E-state index in [1.54, 1.807) is 7.11 Å². The van der Waals surface area contributed by atoms with Gasteiger partial charge in [-0.1, -0.05) is 26.1 Å². The van der Waals surface area contributed by atoms with Crippen LogP contribution in [0.4, 0.5) is 0 Å². The topological polar surface area (TPSA) is 53.7 Å². The molecule has 0 aliphatic carbocycles. The Morgan fingerprint density at radius 2 is 1.56 bits per heavy atom. The maximum Gasteiger partial charge on any atom is 0.0785 e. The number of nitrogens with two attached hydrogens (primary N) is 1. The summed E-state index contributed by atoms with van der Waals surface area (Å²) in [6.45, 7) is 7.11. The number of ether oxygens (including phenoxy) is 3. The molecule has 5 heteroatoms. The van der Waals surface area contributed by atoms with Crippen molar-refractivity contribution >= 4 is 17.2 Å². The van der Waals surface area contributed by atoms with Gasteiger partial charge in [0.2, 0.25) is 0 Å². The highest BCUT2D eigenvalue weighted by atomic mass is 32.1. The molecule has 0 unspecified atom stereocenters. The van der Waals surface area contributed by atoms with Gasteiger partial charge in [0.15, 0.2) is 0 Å². The highest BCUT2D eigenvalue weighted by molar-refractivity contribution is 7.80. The van der Waals surface area contributed by atoms with Gasteiger partial charge in [-0.15, -0.1) is 0 Å². The van der Waals surface area contributed by atoms with E-state index in [0.29, 0.717) is 38.0 Å². The largest absolute Gasteiger partial charge is 0.393 e. The lowest BCUT2D eigenvalue weighted by Gasteiger charge is -2.22. The molecule has 4 nitrogen and oxygen atoms in total. The van der Waals surface area contributed by atoms with Crippen molar-refractivity contribution in [1.82, 2.24) is 0 Å². The molecule has 0 fully saturated rings. The van der Waals surface area contributed by atoms with E-state index in [9.17, 15) is 0 Å². The Hall–Kier alpha value is -0.230. The molecule has 0 atom stereocenters. The van der Waals surface area contributed by atoms with Crippen molar-refractivity contribution < 1.29 is 14.2 Å². The molecular formula is C11H23NO3S. The monoisotopic (exact) mass is 249 g/mol. The summed E-state index contributed by atoms with van der Waals surface area (Å²) in [5.74, 6) is 0. The van der Waals surface area contributed by atoms with Crippen LogP contribution < -0.4 is 5.73 Å². The minimum Gasteiger partial charge on any atom is -0.393 e. The van der Waals surface area contributed by atoms with Crippen molar-refractivity contribution in [2.45, 2.75) is 20.3 Å². The minimum absolute atomic E-state index is 0.133. The Bertz CT molecular complexity index is 198. The summed E-state index contributed by atoms with van der Waals surface area (Å²) in [5, 5.41) is 0. The van der Waals surface area contributed by atoms with Crippen LogP contribution in [0.3, 0.4) is 0 Å². The molecule has 0 saturated carbocycles. The number of hydrogen-bond acceptors (Lipinski definition) is 4. The van der Waals surface area contributed by atoms with E-state index in [1.807, 2.05) is 13.8 Å². The molecule has 0 saturated heterocycles. The minimum atomic E-state index is -0.133. The zero-order chi connectivity index (χ0) is 12.4. The van der Waals surface area contributed by atoms with E-state index < -0.39 is 0 Å². The number of thiocarbonyl (C=S) groups is 1. The van der Waals surface area contributed by atoms with E-state index in [-0.39, 0.29) is 5.41 Å². The van der Waals surface area contributed by atoms with Crippen LogP contribution in [0.25, 0.3) is 0 Å². The quantitative estimate of drug-likeness (QED) is 0.468. The van der Waals surface area contributed by atoms with Crippen LogP contribution in [0.2, 0.25) is 0 Å². The van der Waals surface area contributed by atoms with Crippen LogP contribution in [0.5, 0.6) is 0 Å². The normalized spacial score (nSPS) is 11.7. The third-order valence-electron chi connectivity index (χ3n) is 2.34. The van der Waals surface area contributed by atoms with Crippen molar-refractivity contribution in [3.63, 3.8) is 0 Å². The van der Waals surface area contributed by atoms with E-state index in [2.05, 4.69) is 0 Å². The van der Waals surface area contributed by atoms with Crippen LogP contribution in [0.15, 0.2) is 0 Å². The average molecular weight is 249 g/mol. The maximum absolute atomic E-state index is 5.60. The van der Waals surface area contributed by atoms with Crippen LogP contribution in [-0.4, -0.2) is 45.1 Å². The molecular weight excluding hydrogens is 226 g/mol. The van der Waals surface area contributed by atoms with Gasteiger partial charge in [-0.3, -0.25) is 0 Å². The molecule has 0 radical (unpaired) electrons. The summed E-state index contributed by atoms with van der Waals surface area (Å²) in [6, 6.07) is 0. The molecule has 2 N–H and O–H groups in total. The van der Waals surface area contributed by atoms with E-state index >= 15 is 0 Å². The van der Waals surface area contributed by atoms with Gasteiger partial charge in [0.25, 0.3) is 0 Å². The first-order chi connectivity index (χ1) is 7.50. The second-order valence-electron chi connectivity index (χ2n) is 4.22. The van der Waals surface area contributed by atoms with Crippen LogP contribution >= 0.6 is 12.2 Å². The first-order valence-electron chi connectivity index (χ1n) is 5.45. The zero-order valence-corrected chi connectivity index (χ0v) is 11.3. The Balaban J connectivity index is 3.30. The summed E-state index contributed by atoms with van der Waals surface area (Å²) >= 11 is 4.96. The molecule has 0 heterocycles. The Kier molecular flexibility index (Phi) is 8.74. The number of rotatable bonds is 10. The van der Waals surface area contributed by atoms with Crippen molar-refractivity contribution in [1.29, 1.82) is 0 Å². The number of hydrogen-bond donors (Lipinski definition) is 1. The van der Waals surface area contributed by atoms with Gasteiger partial charge in [-0.2, -0.15) is 0 Å². The Morgan fingerprint density at radius 1 is 1.06 bits per heavy atom. The fraction of sp³-hybridized carbons (Fsp3) is 0.909. The fourth-order valence-corrected chi connectivity index (χ4v) is 1.02. The summed E-state index contributed by atoms with van der Waals surface area (Å²) in [7, 11) is 1.65. The van der Waals surface area contributed by atoms with E-state index in [4.69, 9.17) is 32.2 Å². The Morgan fingerprint density at radius 3 is 2.06 bits per heavy atom. The van der Waals surface area contributed by atoms with Gasteiger partial charge in [0.05, 0.1) is 31.4 Å². The van der Waals surface area contributed by atoms with Gasteiger partial charge in [-0.05, 0) is 6.42 Å². The molecule has 0 bridgehead atoms. The van der Waals surface area contributed by atoms with Crippen LogP contribution in [0, 0.1) is 5.41 Å². The van der Waals surface area contributed by atoms with Crippen molar-refractivity contribution in [2.24, 2.45) is 11.1 Å². The summed E-state index contributed by atoms with van der Waals surface area (Å²) in [5.41, 5.74) is 5.47. The molecule has 0 aliphatic rings. The predicted octanol–water partition coefficient (Wildman–Crippen LogP) is 1.37. The molecule has 96 valence electrons. The second-order valence-corrected chi connectivity index (χ2v) is 4.66. The van der Waals surface area contributed by atoms with Crippen molar-refractivity contribution in [3.05, 3.63) is 0 Å². The highest BCUT2D eigenvalue weighted by Gasteiger charge is 2.20. The molecule has 0 aliphatic heterocycles. The first kappa shape index (κ1) is 15.8. The third kappa shape index (κ3) is 7.98. The predicted molar refractivity (Wildman–Crippen MR) is 68.7 cm³/mol. The Labute approximate surface area is 103 Å². The van der Waals surface area contributed by atoms with E-state index in [0.717, 1.165) is 6.42 Å². The zero-order valence-electron chi connectivity index (χ0n) is 10.5. The summed E-state index contributed by atoms with van der Waals surface area (Å²) in [6.07, 6.45) is 0.834. The average Bonchev–Trinajstić information content (AvgIpc) is 2.21. The number of methoxy groups -OCH3 is 1. The summed E-state index contributed by atoms with van der Waals surface area (Å²) < 4.78 is 15.5. The van der Waals surface area contributed by atoms with Crippen LogP contribution in [-0.2, 0) is 14.2 Å². The van der Waals surface area contributed by atoms with Gasteiger partial charge >= 0.3 is 0 Å². The smallest absolute Gasteiger partial charge is 0.0785 e. The van der Waals surface area contributed by atoms with Gasteiger partial charge < -0.3 is 19.9 Å². The van der Waals surface area contributed by atoms with Gasteiger partial charge in [0.1, 0.15) is 0 Å². The molecule has 16 heavy (non-hydrogen) atoms. The third-order valence-corrected chi connectivity index (χ3v) is 2.89. The molecule has 0 aromatic carbocycles. The lowest BCUT2D eigenvalue weighted by molar-refractivity contribution is 0.0211. The molecule has 0 spiro atoms. The van der Waals surface area contributed by atoms with Gasteiger partial charge in [-0.25, -0.2) is 0 Å². The van der Waals surface area contributed by atoms with Crippen LogP contribution in [0.1, 0.15) is 20.3 Å². The SMILES string of the molecule is COCCOCCOCCC(C)(C)C(N)=S. The first-order valence-corrected chi connectivity index (χ1v) is 5.86. The van der Waals surface area contributed by atoms with Gasteiger partial charge in [0, 0.05) is 19.1 Å². The second kappa shape index (κ2) is 8.87. The fourth-order valence-electron chi connectivity index (χ4n) is 0.915. The highest BCUT2D eigenvalue weighted by Crippen LogP contribution is 2.20. The van der Waals surface area contributed by atoms with Crippen molar-refractivity contribution in [3.8, 4) is 0 Å². The summed E-state index contributed by atoms with van der Waals surface area (Å²) in [4.78, 5) is 0.535. The lowest BCUT2D eigenvalue weighted by atomic mass is 9.90. The lowest BCUT2D eigenvalue weighted by Crippen LogP contribution is -2.31. The standard InChI is InChI=1S/C11H23NO3S/c1-11(2,10(12)16)4-5-14-8-9-15-7-6-13-3/h4-9H2,1-3H3,(H2,12,16). The molecule has 0 aromatic heterocycles. The maximum atomic E-state index is 5.60. The molecule has 0 rings (SSSR count). The van der Waals surface area contributed by atoms with Crippen molar-refractivity contribution in [2.75, 3.05) is 40.1 Å². The van der Waals surface area contributed by atoms with E-state index in [1.165, 1.54) is 0 Å². The molecule has 0 amide bonds.